The van der Waals surface area contributed by atoms with E-state index in [1.165, 1.54) is 11.4 Å². The smallest absolute Gasteiger partial charge is 0.278 e. The first-order chi connectivity index (χ1) is 16.7. The molecular formula is C26H25N7O. The van der Waals surface area contributed by atoms with E-state index < -0.39 is 0 Å². The fraction of sp³-hybridized carbons (Fsp3) is 0.308. The number of piperazine rings is 1. The van der Waals surface area contributed by atoms with Crippen LogP contribution in [-0.4, -0.2) is 70.0 Å². The average Bonchev–Trinajstić information content (AvgIpc) is 3.63. The van der Waals surface area contributed by atoms with Crippen LogP contribution in [0, 0.1) is 0 Å². The van der Waals surface area contributed by atoms with E-state index in [1.54, 1.807) is 6.21 Å². The summed E-state index contributed by atoms with van der Waals surface area (Å²) in [5.41, 5.74) is 8.70. The predicted molar refractivity (Wildman–Crippen MR) is 133 cm³/mol. The predicted octanol–water partition coefficient (Wildman–Crippen LogP) is 3.36. The van der Waals surface area contributed by atoms with Crippen molar-refractivity contribution in [1.82, 2.24) is 24.6 Å². The number of H-pyrrole nitrogens is 1. The van der Waals surface area contributed by atoms with Gasteiger partial charge in [-0.2, -0.15) is 5.10 Å². The molecule has 3 aliphatic rings. The van der Waals surface area contributed by atoms with Gasteiger partial charge in [0.05, 0.1) is 22.8 Å². The van der Waals surface area contributed by atoms with Gasteiger partial charge >= 0.3 is 0 Å². The molecule has 7 rings (SSSR count). The summed E-state index contributed by atoms with van der Waals surface area (Å²) in [6.07, 6.45) is 5.74. The Morgan fingerprint density at radius 3 is 2.71 bits per heavy atom. The van der Waals surface area contributed by atoms with Crippen LogP contribution in [0.2, 0.25) is 0 Å². The molecule has 0 atom stereocenters. The number of hydrogen-bond acceptors (Lipinski definition) is 5. The molecule has 5 heterocycles. The Morgan fingerprint density at radius 2 is 1.82 bits per heavy atom. The van der Waals surface area contributed by atoms with Crippen molar-refractivity contribution in [3.05, 3.63) is 53.3 Å². The number of rotatable bonds is 3. The van der Waals surface area contributed by atoms with E-state index in [0.717, 1.165) is 78.9 Å². The van der Waals surface area contributed by atoms with E-state index in [4.69, 9.17) is 4.98 Å². The lowest BCUT2D eigenvalue weighted by Gasteiger charge is -2.34. The van der Waals surface area contributed by atoms with Gasteiger partial charge in [-0.25, -0.2) is 9.98 Å². The van der Waals surface area contributed by atoms with Crippen LogP contribution in [0.3, 0.4) is 0 Å². The van der Waals surface area contributed by atoms with E-state index in [-0.39, 0.29) is 5.91 Å². The third kappa shape index (κ3) is 2.95. The van der Waals surface area contributed by atoms with Gasteiger partial charge in [-0.15, -0.1) is 0 Å². The molecule has 1 N–H and O–H groups in total. The molecule has 0 bridgehead atoms. The number of aromatic nitrogens is 4. The van der Waals surface area contributed by atoms with Crippen LogP contribution in [-0.2, 0) is 13.0 Å². The Balaban J connectivity index is 1.30. The van der Waals surface area contributed by atoms with Crippen LogP contribution in [0.25, 0.3) is 33.5 Å². The Bertz CT molecular complexity index is 1490. The van der Waals surface area contributed by atoms with Gasteiger partial charge in [0.15, 0.2) is 0 Å². The van der Waals surface area contributed by atoms with Crippen LogP contribution in [0.1, 0.15) is 28.0 Å². The standard InChI is InChI=1S/C26H25N7O/c1-31-9-11-32(12-10-31)16-4-7-21-22(13-16)30-25(29-21)18-6-5-17(20-14-27-26(34)24(18)20)19-15-28-33-8-2-3-23(19)33/h4-7,13-15H,2-3,8-12H2,1H3,(H,29,30). The number of amides is 1. The molecule has 0 saturated carbocycles. The highest BCUT2D eigenvalue weighted by atomic mass is 16.1. The number of hydrogen-bond donors (Lipinski definition) is 1. The summed E-state index contributed by atoms with van der Waals surface area (Å²) in [6, 6.07) is 10.5. The molecule has 0 aliphatic carbocycles. The lowest BCUT2D eigenvalue weighted by Crippen LogP contribution is -2.44. The highest BCUT2D eigenvalue weighted by molar-refractivity contribution is 6.19. The molecule has 0 spiro atoms. The summed E-state index contributed by atoms with van der Waals surface area (Å²) >= 11 is 0. The van der Waals surface area contributed by atoms with Crippen molar-refractivity contribution in [1.29, 1.82) is 0 Å². The normalized spacial score (nSPS) is 17.7. The number of aliphatic imine (C=N–C) groups is 1. The summed E-state index contributed by atoms with van der Waals surface area (Å²) < 4.78 is 2.07. The maximum Gasteiger partial charge on any atom is 0.278 e. The summed E-state index contributed by atoms with van der Waals surface area (Å²) in [4.78, 5) is 30.1. The number of aromatic amines is 1. The Labute approximate surface area is 196 Å². The van der Waals surface area contributed by atoms with Gasteiger partial charge in [-0.1, -0.05) is 6.07 Å². The molecule has 2 aromatic carbocycles. The first-order valence-corrected chi connectivity index (χ1v) is 11.9. The number of carbonyl (C=O) groups excluding carboxylic acids is 1. The molecule has 8 heteroatoms. The number of nitrogens with zero attached hydrogens (tertiary/aromatic N) is 6. The van der Waals surface area contributed by atoms with Gasteiger partial charge in [0.1, 0.15) is 5.82 Å². The second kappa shape index (κ2) is 7.36. The number of carbonyl (C=O) groups is 1. The van der Waals surface area contributed by atoms with Crippen molar-refractivity contribution in [2.45, 2.75) is 19.4 Å². The highest BCUT2D eigenvalue weighted by Gasteiger charge is 2.28. The number of likely N-dealkylation sites (N-methyl/N-ethyl adjacent to an activating group) is 1. The Hall–Kier alpha value is -3.78. The fourth-order valence-corrected chi connectivity index (χ4v) is 5.48. The fourth-order valence-electron chi connectivity index (χ4n) is 5.48. The van der Waals surface area contributed by atoms with Crippen LogP contribution >= 0.6 is 0 Å². The second-order valence-corrected chi connectivity index (χ2v) is 9.42. The van der Waals surface area contributed by atoms with Crippen LogP contribution < -0.4 is 4.90 Å². The third-order valence-corrected chi connectivity index (χ3v) is 7.38. The monoisotopic (exact) mass is 451 g/mol. The van der Waals surface area contributed by atoms with E-state index in [1.807, 2.05) is 12.3 Å². The molecule has 34 heavy (non-hydrogen) atoms. The van der Waals surface area contributed by atoms with Crippen molar-refractivity contribution in [3.8, 4) is 22.5 Å². The minimum Gasteiger partial charge on any atom is -0.369 e. The van der Waals surface area contributed by atoms with E-state index in [9.17, 15) is 4.79 Å². The number of imidazole rings is 1. The minimum absolute atomic E-state index is 0.214. The number of anilines is 1. The van der Waals surface area contributed by atoms with Gasteiger partial charge in [0, 0.05) is 67.0 Å². The molecule has 170 valence electrons. The number of fused-ring (bicyclic) bond motifs is 3. The lowest BCUT2D eigenvalue weighted by atomic mass is 9.93. The highest BCUT2D eigenvalue weighted by Crippen LogP contribution is 2.38. The van der Waals surface area contributed by atoms with Crippen LogP contribution in [0.5, 0.6) is 0 Å². The van der Waals surface area contributed by atoms with Gasteiger partial charge in [0.2, 0.25) is 0 Å². The molecule has 8 nitrogen and oxygen atoms in total. The third-order valence-electron chi connectivity index (χ3n) is 7.38. The molecule has 1 amide bonds. The molecule has 3 aliphatic heterocycles. The largest absolute Gasteiger partial charge is 0.369 e. The van der Waals surface area contributed by atoms with Crippen molar-refractivity contribution in [2.75, 3.05) is 38.1 Å². The number of aryl methyl sites for hydroxylation is 1. The molecule has 0 unspecified atom stereocenters. The van der Waals surface area contributed by atoms with Gasteiger partial charge < -0.3 is 14.8 Å². The van der Waals surface area contributed by atoms with Crippen molar-refractivity contribution < 1.29 is 4.79 Å². The van der Waals surface area contributed by atoms with E-state index >= 15 is 0 Å². The Kier molecular flexibility index (Phi) is 4.26. The first kappa shape index (κ1) is 19.7. The second-order valence-electron chi connectivity index (χ2n) is 9.42. The maximum atomic E-state index is 12.8. The summed E-state index contributed by atoms with van der Waals surface area (Å²) in [6.45, 7) is 5.10. The quantitative estimate of drug-likeness (QED) is 0.517. The first-order valence-electron chi connectivity index (χ1n) is 11.9. The van der Waals surface area contributed by atoms with Crippen LogP contribution in [0.15, 0.2) is 41.5 Å². The SMILES string of the molecule is CN1CCN(c2ccc3[nH]c(-c4ccc(-c5cnn6c5CCC6)c5c4C(=O)N=C5)nc3c2)CC1. The summed E-state index contributed by atoms with van der Waals surface area (Å²) in [5, 5.41) is 4.54. The van der Waals surface area contributed by atoms with Crippen molar-refractivity contribution >= 4 is 28.8 Å². The molecule has 1 fully saturated rings. The molecule has 2 aromatic heterocycles. The van der Waals surface area contributed by atoms with Crippen molar-refractivity contribution in [2.24, 2.45) is 4.99 Å². The van der Waals surface area contributed by atoms with E-state index in [0.29, 0.717) is 11.4 Å². The summed E-state index contributed by atoms with van der Waals surface area (Å²) in [7, 11) is 2.16. The zero-order valence-corrected chi connectivity index (χ0v) is 19.1. The zero-order chi connectivity index (χ0) is 22.8. The van der Waals surface area contributed by atoms with Gasteiger partial charge in [0.25, 0.3) is 5.91 Å². The zero-order valence-electron chi connectivity index (χ0n) is 19.1. The Morgan fingerprint density at radius 1 is 0.971 bits per heavy atom. The van der Waals surface area contributed by atoms with Gasteiger partial charge in [-0.05, 0) is 49.7 Å². The molecular weight excluding hydrogens is 426 g/mol. The lowest BCUT2D eigenvalue weighted by molar-refractivity contribution is 0.101. The minimum atomic E-state index is -0.214. The average molecular weight is 452 g/mol. The van der Waals surface area contributed by atoms with E-state index in [2.05, 4.69) is 60.9 Å². The number of benzene rings is 2. The molecule has 1 saturated heterocycles. The maximum absolute atomic E-state index is 12.8. The van der Waals surface area contributed by atoms with Gasteiger partial charge in [-0.3, -0.25) is 9.48 Å². The molecule has 0 radical (unpaired) electrons. The number of nitrogens with one attached hydrogen (secondary N) is 1. The summed E-state index contributed by atoms with van der Waals surface area (Å²) in [5.74, 6) is 0.488. The molecule has 4 aromatic rings. The van der Waals surface area contributed by atoms with Crippen LogP contribution in [0.4, 0.5) is 5.69 Å². The topological polar surface area (TPSA) is 82.4 Å². The van der Waals surface area contributed by atoms with Crippen molar-refractivity contribution in [3.63, 3.8) is 0 Å².